The minimum atomic E-state index is -0.0475. The van der Waals surface area contributed by atoms with Gasteiger partial charge in [-0.3, -0.25) is 4.98 Å². The van der Waals surface area contributed by atoms with Crippen molar-refractivity contribution in [1.29, 1.82) is 5.26 Å². The van der Waals surface area contributed by atoms with Crippen molar-refractivity contribution in [3.05, 3.63) is 30.1 Å². The molecule has 10 heavy (non-hydrogen) atoms. The Morgan fingerprint density at radius 2 is 2.50 bits per heavy atom. The molecular weight excluding hydrogens is 124 g/mol. The van der Waals surface area contributed by atoms with Crippen LogP contribution in [0.4, 0.5) is 0 Å². The van der Waals surface area contributed by atoms with Crippen molar-refractivity contribution >= 4 is 0 Å². The summed E-state index contributed by atoms with van der Waals surface area (Å²) in [6, 6.07) is 5.88. The molecule has 50 valence electrons. The van der Waals surface area contributed by atoms with Gasteiger partial charge in [0.2, 0.25) is 0 Å². The van der Waals surface area contributed by atoms with Crippen LogP contribution in [0.3, 0.4) is 0 Å². The molecule has 1 aromatic rings. The molecule has 0 N–H and O–H groups in total. The average Bonchev–Trinajstić information content (AvgIpc) is 2.05. The van der Waals surface area contributed by atoms with Crippen molar-refractivity contribution in [2.45, 2.75) is 12.8 Å². The molecule has 1 rings (SSSR count). The Kier molecular flexibility index (Phi) is 2.01. The van der Waals surface area contributed by atoms with Gasteiger partial charge in [0, 0.05) is 12.4 Å². The third kappa shape index (κ3) is 1.32. The smallest absolute Gasteiger partial charge is 0.0701 e. The first-order chi connectivity index (χ1) is 4.84. The zero-order valence-electron chi connectivity index (χ0n) is 5.78. The molecule has 0 aliphatic carbocycles. The van der Waals surface area contributed by atoms with Crippen molar-refractivity contribution in [3.63, 3.8) is 0 Å². The quantitative estimate of drug-likeness (QED) is 0.583. The van der Waals surface area contributed by atoms with Crippen molar-refractivity contribution < 1.29 is 0 Å². The fraction of sp³-hybridized carbons (Fsp3) is 0.250. The highest BCUT2D eigenvalue weighted by Gasteiger charge is 2.00. The summed E-state index contributed by atoms with van der Waals surface area (Å²) in [4.78, 5) is 3.90. The van der Waals surface area contributed by atoms with Gasteiger partial charge in [0.15, 0.2) is 0 Å². The monoisotopic (exact) mass is 132 g/mol. The topological polar surface area (TPSA) is 36.7 Å². The van der Waals surface area contributed by atoms with E-state index in [0.29, 0.717) is 0 Å². The van der Waals surface area contributed by atoms with Gasteiger partial charge in [0.05, 0.1) is 12.0 Å². The lowest BCUT2D eigenvalue weighted by Gasteiger charge is -1.98. The van der Waals surface area contributed by atoms with Crippen LogP contribution in [0, 0.1) is 11.3 Å². The Morgan fingerprint density at radius 1 is 1.70 bits per heavy atom. The van der Waals surface area contributed by atoms with Crippen molar-refractivity contribution in [2.24, 2.45) is 0 Å². The first-order valence-electron chi connectivity index (χ1n) is 3.14. The van der Waals surface area contributed by atoms with Gasteiger partial charge in [0.25, 0.3) is 0 Å². The number of nitrogens with zero attached hydrogens (tertiary/aromatic N) is 2. The van der Waals surface area contributed by atoms with E-state index in [2.05, 4.69) is 11.1 Å². The van der Waals surface area contributed by atoms with E-state index < -0.39 is 0 Å². The first kappa shape index (κ1) is 6.76. The molecule has 0 saturated carbocycles. The van der Waals surface area contributed by atoms with Crippen LogP contribution in [0.2, 0.25) is 0 Å². The lowest BCUT2D eigenvalue weighted by molar-refractivity contribution is 0.967. The molecule has 0 aliphatic rings. The summed E-state index contributed by atoms with van der Waals surface area (Å²) in [7, 11) is 0. The van der Waals surface area contributed by atoms with Gasteiger partial charge < -0.3 is 0 Å². The Balaban J connectivity index is 2.88. The Morgan fingerprint density at radius 3 is 3.00 bits per heavy atom. The fourth-order valence-electron chi connectivity index (χ4n) is 0.707. The maximum absolute atomic E-state index is 8.51. The zero-order chi connectivity index (χ0) is 7.40. The third-order valence-corrected chi connectivity index (χ3v) is 1.38. The van der Waals surface area contributed by atoms with Gasteiger partial charge in [-0.05, 0) is 18.6 Å². The summed E-state index contributed by atoms with van der Waals surface area (Å²) >= 11 is 0. The number of aromatic nitrogens is 1. The predicted molar refractivity (Wildman–Crippen MR) is 38.3 cm³/mol. The zero-order valence-corrected chi connectivity index (χ0v) is 5.78. The molecule has 1 heterocycles. The molecule has 0 amide bonds. The van der Waals surface area contributed by atoms with Crippen LogP contribution in [-0.4, -0.2) is 4.98 Å². The minimum absolute atomic E-state index is 0.0475. The summed E-state index contributed by atoms with van der Waals surface area (Å²) in [5.74, 6) is -0.0475. The van der Waals surface area contributed by atoms with Crippen molar-refractivity contribution in [3.8, 4) is 6.07 Å². The van der Waals surface area contributed by atoms with E-state index in [1.54, 1.807) is 12.4 Å². The van der Waals surface area contributed by atoms with Crippen LogP contribution in [0.15, 0.2) is 24.5 Å². The highest BCUT2D eigenvalue weighted by molar-refractivity contribution is 5.19. The van der Waals surface area contributed by atoms with Crippen molar-refractivity contribution in [2.75, 3.05) is 0 Å². The van der Waals surface area contributed by atoms with Crippen LogP contribution in [0.25, 0.3) is 0 Å². The van der Waals surface area contributed by atoms with E-state index in [1.165, 1.54) is 0 Å². The van der Waals surface area contributed by atoms with Crippen LogP contribution in [0.5, 0.6) is 0 Å². The summed E-state index contributed by atoms with van der Waals surface area (Å²) in [5, 5.41) is 8.51. The summed E-state index contributed by atoms with van der Waals surface area (Å²) in [5.41, 5.74) is 0.977. The van der Waals surface area contributed by atoms with Crippen LogP contribution in [-0.2, 0) is 0 Å². The molecule has 0 radical (unpaired) electrons. The van der Waals surface area contributed by atoms with Gasteiger partial charge in [-0.1, -0.05) is 6.07 Å². The number of hydrogen-bond donors (Lipinski definition) is 0. The Labute approximate surface area is 60.1 Å². The van der Waals surface area contributed by atoms with E-state index >= 15 is 0 Å². The Hall–Kier alpha value is -1.36. The van der Waals surface area contributed by atoms with E-state index in [9.17, 15) is 0 Å². The lowest BCUT2D eigenvalue weighted by Crippen LogP contribution is -1.88. The molecule has 1 atom stereocenters. The highest BCUT2D eigenvalue weighted by Crippen LogP contribution is 2.10. The normalized spacial score (nSPS) is 12.0. The summed E-state index contributed by atoms with van der Waals surface area (Å²) < 4.78 is 0. The molecule has 0 saturated heterocycles. The standard InChI is InChI=1S/C8H8N2/c1-7(5-9)8-3-2-4-10-6-8/h2-4,6-7H,1H3. The lowest BCUT2D eigenvalue weighted by atomic mass is 10.1. The largest absolute Gasteiger partial charge is 0.264 e. The molecule has 1 unspecified atom stereocenters. The number of rotatable bonds is 1. The fourth-order valence-corrected chi connectivity index (χ4v) is 0.707. The summed E-state index contributed by atoms with van der Waals surface area (Å²) in [6.07, 6.45) is 3.42. The molecule has 0 aromatic carbocycles. The molecule has 0 fully saturated rings. The van der Waals surface area contributed by atoms with E-state index in [0.717, 1.165) is 5.56 Å². The second-order valence-electron chi connectivity index (χ2n) is 2.14. The van der Waals surface area contributed by atoms with Gasteiger partial charge >= 0.3 is 0 Å². The molecule has 0 spiro atoms. The average molecular weight is 132 g/mol. The third-order valence-electron chi connectivity index (χ3n) is 1.38. The molecular formula is C8H8N2. The van der Waals surface area contributed by atoms with Gasteiger partial charge in [0.1, 0.15) is 0 Å². The maximum atomic E-state index is 8.51. The van der Waals surface area contributed by atoms with Gasteiger partial charge in [-0.25, -0.2) is 0 Å². The first-order valence-corrected chi connectivity index (χ1v) is 3.14. The second-order valence-corrected chi connectivity index (χ2v) is 2.14. The summed E-state index contributed by atoms with van der Waals surface area (Å²) in [6.45, 7) is 1.86. The molecule has 2 nitrogen and oxygen atoms in total. The SMILES string of the molecule is CC(C#N)c1cccnc1. The second kappa shape index (κ2) is 2.98. The predicted octanol–water partition coefficient (Wildman–Crippen LogP) is 1.71. The molecule has 0 aliphatic heterocycles. The molecule has 2 heteroatoms. The van der Waals surface area contributed by atoms with Gasteiger partial charge in [-0.15, -0.1) is 0 Å². The number of pyridine rings is 1. The van der Waals surface area contributed by atoms with Crippen LogP contribution in [0.1, 0.15) is 18.4 Å². The molecule has 0 bridgehead atoms. The maximum Gasteiger partial charge on any atom is 0.0701 e. The van der Waals surface area contributed by atoms with E-state index in [1.807, 2.05) is 19.1 Å². The number of hydrogen-bond acceptors (Lipinski definition) is 2. The number of nitriles is 1. The van der Waals surface area contributed by atoms with Gasteiger partial charge in [-0.2, -0.15) is 5.26 Å². The molecule has 1 aromatic heterocycles. The minimum Gasteiger partial charge on any atom is -0.264 e. The van der Waals surface area contributed by atoms with Crippen LogP contribution >= 0.6 is 0 Å². The highest BCUT2D eigenvalue weighted by atomic mass is 14.6. The van der Waals surface area contributed by atoms with Crippen molar-refractivity contribution in [1.82, 2.24) is 4.98 Å². The van der Waals surface area contributed by atoms with Crippen LogP contribution < -0.4 is 0 Å². The Bertz CT molecular complexity index is 235. The van der Waals surface area contributed by atoms with E-state index in [4.69, 9.17) is 5.26 Å². The van der Waals surface area contributed by atoms with E-state index in [-0.39, 0.29) is 5.92 Å².